The van der Waals surface area contributed by atoms with Crippen LogP contribution in [0.5, 0.6) is 0 Å². The van der Waals surface area contributed by atoms with E-state index in [1.54, 1.807) is 0 Å². The molecule has 2 fully saturated rings. The van der Waals surface area contributed by atoms with Gasteiger partial charge in [-0.3, -0.25) is 9.59 Å². The molecule has 0 aromatic heterocycles. The van der Waals surface area contributed by atoms with E-state index in [2.05, 4.69) is 0 Å². The Hall–Kier alpha value is -2.12. The van der Waals surface area contributed by atoms with Gasteiger partial charge in [0.15, 0.2) is 0 Å². The van der Waals surface area contributed by atoms with Crippen molar-refractivity contribution in [3.05, 3.63) is 0 Å². The van der Waals surface area contributed by atoms with Crippen LogP contribution in [0.1, 0.15) is 32.1 Å². The normalized spacial score (nSPS) is 25.7. The van der Waals surface area contributed by atoms with Crippen molar-refractivity contribution in [2.45, 2.75) is 44.2 Å². The number of rotatable bonds is 2. The summed E-state index contributed by atoms with van der Waals surface area (Å²) in [5.41, 5.74) is 0. The molecule has 2 N–H and O–H groups in total. The molecule has 8 nitrogen and oxygen atoms in total. The molecule has 2 aliphatic rings. The molecule has 8 heteroatoms. The Balaban J connectivity index is 2.12. The Morgan fingerprint density at radius 3 is 1.62 bits per heavy atom. The summed E-state index contributed by atoms with van der Waals surface area (Å²) in [6, 6.07) is -1.99. The minimum Gasteiger partial charge on any atom is -0.480 e. The summed E-state index contributed by atoms with van der Waals surface area (Å²) >= 11 is 0. The Morgan fingerprint density at radius 1 is 0.714 bits per heavy atom. The number of hydrogen-bond acceptors (Lipinski definition) is 4. The number of carbonyl (C=O) groups excluding carboxylic acids is 2. The molecule has 2 aliphatic heterocycles. The minimum absolute atomic E-state index is 0.215. The summed E-state index contributed by atoms with van der Waals surface area (Å²) in [4.78, 5) is 48.8. The first-order valence-corrected chi connectivity index (χ1v) is 7.00. The summed E-state index contributed by atoms with van der Waals surface area (Å²) in [5.74, 6) is -4.09. The molecule has 0 aromatic carbocycles. The van der Waals surface area contributed by atoms with Crippen LogP contribution in [0.25, 0.3) is 0 Å². The zero-order valence-corrected chi connectivity index (χ0v) is 11.5. The maximum absolute atomic E-state index is 12.2. The highest BCUT2D eigenvalue weighted by Gasteiger charge is 2.41. The van der Waals surface area contributed by atoms with Gasteiger partial charge >= 0.3 is 23.8 Å². The van der Waals surface area contributed by atoms with Gasteiger partial charge in [-0.2, -0.15) is 0 Å². The molecule has 2 atom stereocenters. The second-order valence-electron chi connectivity index (χ2n) is 5.34. The van der Waals surface area contributed by atoms with E-state index in [0.717, 1.165) is 9.80 Å². The summed E-state index contributed by atoms with van der Waals surface area (Å²) in [6.07, 6.45) is 2.49. The quantitative estimate of drug-likeness (QED) is 0.666. The van der Waals surface area contributed by atoms with Crippen molar-refractivity contribution in [3.63, 3.8) is 0 Å². The Morgan fingerprint density at radius 2 is 1.14 bits per heavy atom. The summed E-state index contributed by atoms with van der Waals surface area (Å²) < 4.78 is 0. The van der Waals surface area contributed by atoms with Crippen LogP contribution in [-0.4, -0.2) is 68.9 Å². The summed E-state index contributed by atoms with van der Waals surface area (Å²) in [6.45, 7) is 0.431. The number of likely N-dealkylation sites (tertiary alicyclic amines) is 2. The first-order chi connectivity index (χ1) is 9.93. The number of aliphatic carboxylic acids is 2. The number of carboxylic acid groups (broad SMARTS) is 2. The van der Waals surface area contributed by atoms with Gasteiger partial charge in [0.1, 0.15) is 12.1 Å². The van der Waals surface area contributed by atoms with Crippen molar-refractivity contribution < 1.29 is 29.4 Å². The van der Waals surface area contributed by atoms with Crippen molar-refractivity contribution >= 4 is 23.8 Å². The van der Waals surface area contributed by atoms with Gasteiger partial charge in [0, 0.05) is 13.1 Å². The SMILES string of the molecule is O=C(O)C1CCCN1C(=O)C(=O)N1CCCC[C@@H]1C(=O)O. The average Bonchev–Trinajstić information content (AvgIpc) is 2.95. The van der Waals surface area contributed by atoms with Gasteiger partial charge < -0.3 is 20.0 Å². The fourth-order valence-electron chi connectivity index (χ4n) is 2.94. The van der Waals surface area contributed by atoms with E-state index in [0.29, 0.717) is 32.1 Å². The molecule has 21 heavy (non-hydrogen) atoms. The van der Waals surface area contributed by atoms with Crippen LogP contribution in [0.4, 0.5) is 0 Å². The van der Waals surface area contributed by atoms with Crippen LogP contribution in [0.3, 0.4) is 0 Å². The third-order valence-corrected chi connectivity index (χ3v) is 4.03. The van der Waals surface area contributed by atoms with Crippen molar-refractivity contribution in [2.75, 3.05) is 13.1 Å². The fourth-order valence-corrected chi connectivity index (χ4v) is 2.94. The van der Waals surface area contributed by atoms with Crippen LogP contribution in [0.2, 0.25) is 0 Å². The lowest BCUT2D eigenvalue weighted by Gasteiger charge is -2.33. The van der Waals surface area contributed by atoms with E-state index in [-0.39, 0.29) is 13.1 Å². The van der Waals surface area contributed by atoms with E-state index in [1.165, 1.54) is 0 Å². The monoisotopic (exact) mass is 298 g/mol. The van der Waals surface area contributed by atoms with E-state index < -0.39 is 35.8 Å². The van der Waals surface area contributed by atoms with Crippen LogP contribution in [0.15, 0.2) is 0 Å². The molecule has 2 amide bonds. The smallest absolute Gasteiger partial charge is 0.326 e. The van der Waals surface area contributed by atoms with Gasteiger partial charge in [-0.05, 0) is 32.1 Å². The lowest BCUT2D eigenvalue weighted by atomic mass is 10.0. The maximum Gasteiger partial charge on any atom is 0.326 e. The Bertz CT molecular complexity index is 477. The van der Waals surface area contributed by atoms with Crippen molar-refractivity contribution in [2.24, 2.45) is 0 Å². The van der Waals surface area contributed by atoms with E-state index >= 15 is 0 Å². The summed E-state index contributed by atoms with van der Waals surface area (Å²) in [5, 5.41) is 18.2. The predicted octanol–water partition coefficient (Wildman–Crippen LogP) is -0.472. The first kappa shape index (κ1) is 15.3. The van der Waals surface area contributed by atoms with Crippen LogP contribution in [-0.2, 0) is 19.2 Å². The van der Waals surface area contributed by atoms with Gasteiger partial charge in [-0.25, -0.2) is 9.59 Å². The fraction of sp³-hybridized carbons (Fsp3) is 0.692. The molecule has 116 valence electrons. The number of amides is 2. The maximum atomic E-state index is 12.2. The topological polar surface area (TPSA) is 115 Å². The molecule has 0 aromatic rings. The van der Waals surface area contributed by atoms with Crippen molar-refractivity contribution in [3.8, 4) is 0 Å². The third kappa shape index (κ3) is 2.98. The molecular formula is C13H18N2O6. The number of carbonyl (C=O) groups is 4. The van der Waals surface area contributed by atoms with Gasteiger partial charge in [-0.1, -0.05) is 0 Å². The second kappa shape index (κ2) is 6.11. The molecule has 1 unspecified atom stereocenters. The molecule has 0 spiro atoms. The lowest BCUT2D eigenvalue weighted by Crippen LogP contribution is -2.55. The largest absolute Gasteiger partial charge is 0.480 e. The Kier molecular flexibility index (Phi) is 4.44. The van der Waals surface area contributed by atoms with Crippen LogP contribution in [0, 0.1) is 0 Å². The lowest BCUT2D eigenvalue weighted by molar-refractivity contribution is -0.161. The highest BCUT2D eigenvalue weighted by Crippen LogP contribution is 2.21. The molecule has 2 saturated heterocycles. The average molecular weight is 298 g/mol. The number of hydrogen-bond donors (Lipinski definition) is 2. The third-order valence-electron chi connectivity index (χ3n) is 4.03. The molecule has 0 saturated carbocycles. The van der Waals surface area contributed by atoms with E-state index in [1.807, 2.05) is 0 Å². The highest BCUT2D eigenvalue weighted by molar-refractivity contribution is 6.35. The highest BCUT2D eigenvalue weighted by atomic mass is 16.4. The molecule has 2 rings (SSSR count). The number of nitrogens with zero attached hydrogens (tertiary/aromatic N) is 2. The molecule has 0 bridgehead atoms. The first-order valence-electron chi connectivity index (χ1n) is 7.00. The molecular weight excluding hydrogens is 280 g/mol. The standard InChI is InChI=1S/C13H18N2O6/c16-10(14-6-2-1-4-8(14)12(18)19)11(17)15-7-3-5-9(15)13(20)21/h8-9H,1-7H2,(H,18,19)(H,20,21)/t8-,9?/m1/s1. The van der Waals surface area contributed by atoms with Gasteiger partial charge in [0.25, 0.3) is 0 Å². The number of piperidine rings is 1. The number of carboxylic acids is 2. The van der Waals surface area contributed by atoms with E-state index in [9.17, 15) is 19.2 Å². The Labute approximate surface area is 121 Å². The predicted molar refractivity (Wildman–Crippen MR) is 69.4 cm³/mol. The van der Waals surface area contributed by atoms with Crippen LogP contribution >= 0.6 is 0 Å². The molecule has 0 radical (unpaired) electrons. The van der Waals surface area contributed by atoms with Gasteiger partial charge in [0.2, 0.25) is 0 Å². The van der Waals surface area contributed by atoms with Crippen molar-refractivity contribution in [1.82, 2.24) is 9.80 Å². The zero-order chi connectivity index (χ0) is 15.6. The summed E-state index contributed by atoms with van der Waals surface area (Å²) in [7, 11) is 0. The van der Waals surface area contributed by atoms with E-state index in [4.69, 9.17) is 10.2 Å². The van der Waals surface area contributed by atoms with Gasteiger partial charge in [0.05, 0.1) is 0 Å². The van der Waals surface area contributed by atoms with Crippen LogP contribution < -0.4 is 0 Å². The molecule has 2 heterocycles. The second-order valence-corrected chi connectivity index (χ2v) is 5.34. The molecule has 0 aliphatic carbocycles. The minimum atomic E-state index is -1.14. The van der Waals surface area contributed by atoms with Gasteiger partial charge in [-0.15, -0.1) is 0 Å². The van der Waals surface area contributed by atoms with Crippen molar-refractivity contribution in [1.29, 1.82) is 0 Å². The zero-order valence-electron chi connectivity index (χ0n) is 11.5.